The molecule has 0 aliphatic heterocycles. The maximum atomic E-state index is 11.6. The van der Waals surface area contributed by atoms with Crippen molar-refractivity contribution in [3.05, 3.63) is 0 Å². The van der Waals surface area contributed by atoms with Crippen LogP contribution in [0.1, 0.15) is 53.4 Å². The van der Waals surface area contributed by atoms with Gasteiger partial charge in [0.2, 0.25) is 5.91 Å². The van der Waals surface area contributed by atoms with E-state index in [4.69, 9.17) is 19.5 Å². The molecule has 0 bridgehead atoms. The molecule has 0 saturated carbocycles. The summed E-state index contributed by atoms with van der Waals surface area (Å²) >= 11 is 1.16. The second-order valence-corrected chi connectivity index (χ2v) is 8.09. The van der Waals surface area contributed by atoms with E-state index in [0.717, 1.165) is 37.6 Å². The summed E-state index contributed by atoms with van der Waals surface area (Å²) in [6, 6.07) is 0.516. The Kier molecular flexibility index (Phi) is 20.1. The SMILES string of the molecule is CC[C@H](C)NCCCC(OCCOCCOCCC(=O)NCC#CC(C)C)SC#N. The van der Waals surface area contributed by atoms with E-state index in [1.165, 1.54) is 0 Å². The third-order valence-electron chi connectivity index (χ3n) is 4.05. The van der Waals surface area contributed by atoms with Crippen LogP contribution in [0.3, 0.4) is 0 Å². The number of rotatable bonds is 18. The molecule has 0 aliphatic rings. The molecular formula is C22H39N3O4S. The van der Waals surface area contributed by atoms with Crippen molar-refractivity contribution < 1.29 is 19.0 Å². The third kappa shape index (κ3) is 20.0. The molecule has 0 heterocycles. The van der Waals surface area contributed by atoms with Crippen LogP contribution in [0.15, 0.2) is 0 Å². The van der Waals surface area contributed by atoms with Crippen molar-refractivity contribution in [1.29, 1.82) is 5.26 Å². The first-order valence-corrected chi connectivity index (χ1v) is 11.7. The number of hydrogen-bond acceptors (Lipinski definition) is 7. The Morgan fingerprint density at radius 3 is 2.47 bits per heavy atom. The molecule has 1 amide bonds. The molecule has 7 nitrogen and oxygen atoms in total. The van der Waals surface area contributed by atoms with E-state index in [0.29, 0.717) is 58.0 Å². The summed E-state index contributed by atoms with van der Waals surface area (Å²) in [5, 5.41) is 17.2. The predicted molar refractivity (Wildman–Crippen MR) is 122 cm³/mol. The Hall–Kier alpha value is -1.29. The molecule has 0 radical (unpaired) electrons. The Bertz CT molecular complexity index is 529. The van der Waals surface area contributed by atoms with Crippen molar-refractivity contribution in [2.45, 2.75) is 64.9 Å². The minimum atomic E-state index is -0.127. The van der Waals surface area contributed by atoms with Gasteiger partial charge in [-0.05, 0) is 44.5 Å². The number of thiocyanates is 1. The van der Waals surface area contributed by atoms with Crippen molar-refractivity contribution >= 4 is 17.7 Å². The number of hydrogen-bond donors (Lipinski definition) is 2. The van der Waals surface area contributed by atoms with Crippen LogP contribution in [0.25, 0.3) is 0 Å². The minimum Gasteiger partial charge on any atom is -0.379 e. The average Bonchev–Trinajstić information content (AvgIpc) is 2.72. The molecule has 0 aromatic rings. The number of thioether (sulfide) groups is 1. The van der Waals surface area contributed by atoms with Crippen LogP contribution in [0.4, 0.5) is 0 Å². The highest BCUT2D eigenvalue weighted by molar-refractivity contribution is 8.04. The van der Waals surface area contributed by atoms with Crippen molar-refractivity contribution in [3.8, 4) is 17.2 Å². The van der Waals surface area contributed by atoms with Gasteiger partial charge in [-0.15, -0.1) is 0 Å². The standard InChI is InChI=1S/C22H39N3O4S/c1-5-20(4)24-11-7-9-22(30-18-23)29-17-16-28-15-14-27-13-10-21(26)25-12-6-8-19(2)3/h19-20,22,24H,5,7,9-17H2,1-4H3,(H,25,26)/t20-,22?/m0/s1. The molecule has 172 valence electrons. The number of nitrogens with one attached hydrogen (secondary N) is 2. The Labute approximate surface area is 187 Å². The quantitative estimate of drug-likeness (QED) is 0.146. The molecule has 1 unspecified atom stereocenters. The molecule has 0 rings (SSSR count). The smallest absolute Gasteiger partial charge is 0.223 e. The third-order valence-corrected chi connectivity index (χ3v) is 4.79. The van der Waals surface area contributed by atoms with Gasteiger partial charge < -0.3 is 24.8 Å². The second-order valence-electron chi connectivity index (χ2n) is 7.14. The number of ether oxygens (including phenoxy) is 3. The van der Waals surface area contributed by atoms with E-state index in [1.54, 1.807) is 0 Å². The highest BCUT2D eigenvalue weighted by atomic mass is 32.2. The zero-order valence-electron chi connectivity index (χ0n) is 19.0. The molecule has 0 aromatic carbocycles. The van der Waals surface area contributed by atoms with E-state index >= 15 is 0 Å². The van der Waals surface area contributed by atoms with Crippen molar-refractivity contribution in [2.75, 3.05) is 46.1 Å². The van der Waals surface area contributed by atoms with Gasteiger partial charge in [0.05, 0.1) is 39.6 Å². The molecule has 0 fully saturated rings. The lowest BCUT2D eigenvalue weighted by Crippen LogP contribution is -2.26. The number of carbonyl (C=O) groups is 1. The van der Waals surface area contributed by atoms with E-state index in [-0.39, 0.29) is 11.3 Å². The molecule has 0 aliphatic carbocycles. The van der Waals surface area contributed by atoms with Crippen molar-refractivity contribution in [1.82, 2.24) is 10.6 Å². The van der Waals surface area contributed by atoms with Crippen molar-refractivity contribution in [3.63, 3.8) is 0 Å². The monoisotopic (exact) mass is 441 g/mol. The Balaban J connectivity index is 3.58. The largest absolute Gasteiger partial charge is 0.379 e. The lowest BCUT2D eigenvalue weighted by Gasteiger charge is -2.16. The first kappa shape index (κ1) is 28.7. The van der Waals surface area contributed by atoms with E-state index in [1.807, 2.05) is 13.8 Å². The topological polar surface area (TPSA) is 92.6 Å². The molecule has 30 heavy (non-hydrogen) atoms. The number of nitriles is 1. The normalized spacial score (nSPS) is 12.7. The van der Waals surface area contributed by atoms with Crippen LogP contribution < -0.4 is 10.6 Å². The van der Waals surface area contributed by atoms with Gasteiger partial charge in [-0.1, -0.05) is 32.6 Å². The lowest BCUT2D eigenvalue weighted by molar-refractivity contribution is -0.122. The van der Waals surface area contributed by atoms with Crippen LogP contribution in [0, 0.1) is 28.4 Å². The number of carbonyl (C=O) groups excluding carboxylic acids is 1. The minimum absolute atomic E-state index is 0.0669. The highest BCUT2D eigenvalue weighted by Crippen LogP contribution is 2.16. The van der Waals surface area contributed by atoms with Crippen LogP contribution in [0.5, 0.6) is 0 Å². The van der Waals surface area contributed by atoms with E-state index < -0.39 is 0 Å². The summed E-state index contributed by atoms with van der Waals surface area (Å²) in [7, 11) is 0. The van der Waals surface area contributed by atoms with E-state index in [9.17, 15) is 4.79 Å². The molecule has 0 saturated heterocycles. The van der Waals surface area contributed by atoms with Crippen LogP contribution >= 0.6 is 11.8 Å². The second kappa shape index (κ2) is 21.0. The van der Waals surface area contributed by atoms with Gasteiger partial charge in [0, 0.05) is 18.4 Å². The maximum Gasteiger partial charge on any atom is 0.223 e. The number of amides is 1. The summed E-state index contributed by atoms with van der Waals surface area (Å²) in [5.74, 6) is 6.14. The summed E-state index contributed by atoms with van der Waals surface area (Å²) in [6.07, 6.45) is 3.21. The Morgan fingerprint density at radius 2 is 1.80 bits per heavy atom. The average molecular weight is 442 g/mol. The van der Waals surface area contributed by atoms with Gasteiger partial charge in [0.1, 0.15) is 10.8 Å². The Morgan fingerprint density at radius 1 is 1.10 bits per heavy atom. The zero-order chi connectivity index (χ0) is 22.5. The summed E-state index contributed by atoms with van der Waals surface area (Å²) in [5.41, 5.74) is -0.127. The molecule has 8 heteroatoms. The maximum absolute atomic E-state index is 11.6. The fourth-order valence-corrected chi connectivity index (χ4v) is 2.77. The molecule has 2 atom stereocenters. The lowest BCUT2D eigenvalue weighted by atomic mass is 10.2. The highest BCUT2D eigenvalue weighted by Gasteiger charge is 2.09. The first-order valence-electron chi connectivity index (χ1n) is 10.8. The van der Waals surface area contributed by atoms with Crippen molar-refractivity contribution in [2.24, 2.45) is 5.92 Å². The van der Waals surface area contributed by atoms with Gasteiger partial charge in [0.25, 0.3) is 0 Å². The fourth-order valence-electron chi connectivity index (χ4n) is 2.21. The molecule has 0 aromatic heterocycles. The van der Waals surface area contributed by atoms with Gasteiger partial charge in [-0.25, -0.2) is 0 Å². The fraction of sp³-hybridized carbons (Fsp3) is 0.818. The van der Waals surface area contributed by atoms with Gasteiger partial charge in [0.15, 0.2) is 0 Å². The summed E-state index contributed by atoms with van der Waals surface area (Å²) in [4.78, 5) is 11.6. The van der Waals surface area contributed by atoms with Gasteiger partial charge in [-0.3, -0.25) is 4.79 Å². The molecule has 0 spiro atoms. The summed E-state index contributed by atoms with van der Waals surface area (Å²) in [6.45, 7) is 11.8. The van der Waals surface area contributed by atoms with E-state index in [2.05, 4.69) is 41.7 Å². The van der Waals surface area contributed by atoms with Gasteiger partial charge >= 0.3 is 0 Å². The molecular weight excluding hydrogens is 402 g/mol. The van der Waals surface area contributed by atoms with Gasteiger partial charge in [-0.2, -0.15) is 5.26 Å². The predicted octanol–water partition coefficient (Wildman–Crippen LogP) is 2.91. The first-order chi connectivity index (χ1) is 14.5. The molecule has 2 N–H and O–H groups in total. The van der Waals surface area contributed by atoms with Crippen LogP contribution in [-0.2, 0) is 19.0 Å². The number of nitrogens with zero attached hydrogens (tertiary/aromatic N) is 1. The van der Waals surface area contributed by atoms with Crippen LogP contribution in [-0.4, -0.2) is 63.5 Å². The zero-order valence-corrected chi connectivity index (χ0v) is 19.8. The summed E-state index contributed by atoms with van der Waals surface area (Å²) < 4.78 is 16.6. The van der Waals surface area contributed by atoms with Crippen LogP contribution in [0.2, 0.25) is 0 Å².